The van der Waals surface area contributed by atoms with Crippen molar-refractivity contribution in [1.82, 2.24) is 9.97 Å². The van der Waals surface area contributed by atoms with Crippen molar-refractivity contribution < 1.29 is 15.0 Å². The van der Waals surface area contributed by atoms with E-state index >= 15 is 0 Å². The zero-order valence-electron chi connectivity index (χ0n) is 9.75. The second kappa shape index (κ2) is 6.31. The monoisotopic (exact) mass is 247 g/mol. The van der Waals surface area contributed by atoms with E-state index in [4.69, 9.17) is 4.74 Å². The average molecular weight is 247 g/mol. The average Bonchev–Trinajstić information content (AvgIpc) is 2.40. The van der Waals surface area contributed by atoms with Gasteiger partial charge in [0, 0.05) is 24.1 Å². The minimum absolute atomic E-state index is 0. The highest BCUT2D eigenvalue weighted by atomic mass is 16.5. The van der Waals surface area contributed by atoms with Crippen molar-refractivity contribution in [3.8, 4) is 5.75 Å². The van der Waals surface area contributed by atoms with E-state index in [0.717, 1.165) is 0 Å². The molecule has 0 aliphatic heterocycles. The van der Waals surface area contributed by atoms with Crippen LogP contribution in [-0.2, 0) is 0 Å². The summed E-state index contributed by atoms with van der Waals surface area (Å²) in [6, 6.07) is 7.11. The third kappa shape index (κ3) is 3.26. The van der Waals surface area contributed by atoms with E-state index in [0.29, 0.717) is 11.4 Å². The molecular formula is C12H13N3O3. The van der Waals surface area contributed by atoms with Gasteiger partial charge < -0.3 is 15.5 Å². The molecule has 0 aliphatic carbocycles. The van der Waals surface area contributed by atoms with Crippen molar-refractivity contribution >= 4 is 11.6 Å². The summed E-state index contributed by atoms with van der Waals surface area (Å²) in [5.41, 5.74) is 0.926. The summed E-state index contributed by atoms with van der Waals surface area (Å²) in [7, 11) is 1.57. The first kappa shape index (κ1) is 13.6. The number of benzene rings is 1. The molecule has 6 nitrogen and oxygen atoms in total. The van der Waals surface area contributed by atoms with Gasteiger partial charge in [0.25, 0.3) is 5.91 Å². The lowest BCUT2D eigenvalue weighted by atomic mass is 10.3. The number of nitrogens with zero attached hydrogens (tertiary/aromatic N) is 2. The zero-order chi connectivity index (χ0) is 12.1. The fraction of sp³-hybridized carbons (Fsp3) is 0.0833. The number of aromatic nitrogens is 2. The molecule has 0 bridgehead atoms. The van der Waals surface area contributed by atoms with Crippen molar-refractivity contribution in [3.05, 3.63) is 48.5 Å². The smallest absolute Gasteiger partial charge is 0.275 e. The lowest BCUT2D eigenvalue weighted by Crippen LogP contribution is -2.13. The molecule has 1 heterocycles. The van der Waals surface area contributed by atoms with Gasteiger partial charge in [-0.15, -0.1) is 0 Å². The summed E-state index contributed by atoms with van der Waals surface area (Å²) in [5.74, 6) is 0.383. The third-order valence-corrected chi connectivity index (χ3v) is 2.12. The fourth-order valence-corrected chi connectivity index (χ4v) is 1.31. The Bertz CT molecular complexity index is 517. The van der Waals surface area contributed by atoms with Crippen molar-refractivity contribution in [2.24, 2.45) is 0 Å². The number of amides is 1. The van der Waals surface area contributed by atoms with Gasteiger partial charge in [-0.2, -0.15) is 0 Å². The predicted octanol–water partition coefficient (Wildman–Crippen LogP) is 0.913. The number of carbonyl (C=O) groups is 1. The Labute approximate surface area is 104 Å². The first-order valence-corrected chi connectivity index (χ1v) is 5.01. The highest BCUT2D eigenvalue weighted by Crippen LogP contribution is 2.16. The van der Waals surface area contributed by atoms with Crippen LogP contribution in [0.1, 0.15) is 10.5 Å². The predicted molar refractivity (Wildman–Crippen MR) is 66.6 cm³/mol. The fourth-order valence-electron chi connectivity index (χ4n) is 1.31. The molecule has 94 valence electrons. The van der Waals surface area contributed by atoms with Crippen LogP contribution in [-0.4, -0.2) is 28.5 Å². The number of nitrogens with one attached hydrogen (secondary N) is 1. The molecule has 1 amide bonds. The van der Waals surface area contributed by atoms with Gasteiger partial charge in [0.15, 0.2) is 0 Å². The first-order chi connectivity index (χ1) is 8.29. The second-order valence-electron chi connectivity index (χ2n) is 3.28. The van der Waals surface area contributed by atoms with Crippen molar-refractivity contribution in [1.29, 1.82) is 0 Å². The van der Waals surface area contributed by atoms with Crippen LogP contribution in [0.15, 0.2) is 42.9 Å². The van der Waals surface area contributed by atoms with Gasteiger partial charge in [0.2, 0.25) is 0 Å². The topological polar surface area (TPSA) is 95.6 Å². The van der Waals surface area contributed by atoms with Crippen LogP contribution in [0.4, 0.5) is 5.69 Å². The van der Waals surface area contributed by atoms with E-state index in [9.17, 15) is 4.79 Å². The van der Waals surface area contributed by atoms with Gasteiger partial charge in [-0.3, -0.25) is 9.78 Å². The summed E-state index contributed by atoms with van der Waals surface area (Å²) >= 11 is 0. The summed E-state index contributed by atoms with van der Waals surface area (Å²) in [6.45, 7) is 0. The second-order valence-corrected chi connectivity index (χ2v) is 3.28. The standard InChI is InChI=1S/C12H11N3O2.H2O/c1-17-10-4-2-3-9(7-10)15-12(16)11-8-13-5-6-14-11;/h2-8H,1H3,(H,15,16);1H2. The van der Waals surface area contributed by atoms with Crippen molar-refractivity contribution in [2.45, 2.75) is 0 Å². The molecule has 2 aromatic rings. The molecule has 1 aromatic heterocycles. The van der Waals surface area contributed by atoms with Crippen LogP contribution in [0.5, 0.6) is 5.75 Å². The lowest BCUT2D eigenvalue weighted by molar-refractivity contribution is 0.102. The molecule has 1 aromatic carbocycles. The maximum absolute atomic E-state index is 11.8. The van der Waals surface area contributed by atoms with Crippen LogP contribution < -0.4 is 10.1 Å². The van der Waals surface area contributed by atoms with E-state index < -0.39 is 0 Å². The number of rotatable bonds is 3. The molecule has 3 N–H and O–H groups in total. The summed E-state index contributed by atoms with van der Waals surface area (Å²) < 4.78 is 5.06. The molecule has 18 heavy (non-hydrogen) atoms. The molecule has 0 radical (unpaired) electrons. The van der Waals surface area contributed by atoms with Gasteiger partial charge in [-0.05, 0) is 12.1 Å². The quantitative estimate of drug-likeness (QED) is 0.872. The number of hydrogen-bond donors (Lipinski definition) is 1. The van der Waals surface area contributed by atoms with Crippen LogP contribution >= 0.6 is 0 Å². The van der Waals surface area contributed by atoms with E-state index in [1.54, 1.807) is 31.4 Å². The third-order valence-electron chi connectivity index (χ3n) is 2.12. The first-order valence-electron chi connectivity index (χ1n) is 5.01. The molecule has 2 rings (SSSR count). The highest BCUT2D eigenvalue weighted by Gasteiger charge is 2.07. The summed E-state index contributed by atoms with van der Waals surface area (Å²) in [6.07, 6.45) is 4.40. The zero-order valence-corrected chi connectivity index (χ0v) is 9.75. The van der Waals surface area contributed by atoms with Crippen LogP contribution in [0.3, 0.4) is 0 Å². The van der Waals surface area contributed by atoms with E-state index in [1.807, 2.05) is 0 Å². The Balaban J connectivity index is 0.00000162. The number of hydrogen-bond acceptors (Lipinski definition) is 4. The van der Waals surface area contributed by atoms with E-state index in [-0.39, 0.29) is 17.1 Å². The van der Waals surface area contributed by atoms with Crippen LogP contribution in [0.25, 0.3) is 0 Å². The van der Waals surface area contributed by atoms with Gasteiger partial charge in [-0.1, -0.05) is 6.07 Å². The maximum Gasteiger partial charge on any atom is 0.275 e. The Morgan fingerprint density at radius 2 is 2.17 bits per heavy atom. The molecular weight excluding hydrogens is 234 g/mol. The number of ether oxygens (including phenoxy) is 1. The van der Waals surface area contributed by atoms with Crippen molar-refractivity contribution in [2.75, 3.05) is 12.4 Å². The number of methoxy groups -OCH3 is 1. The van der Waals surface area contributed by atoms with E-state index in [1.165, 1.54) is 18.6 Å². The molecule has 0 aliphatic rings. The molecule has 0 atom stereocenters. The minimum atomic E-state index is -0.300. The normalized spacial score (nSPS) is 9.17. The SMILES string of the molecule is COc1cccc(NC(=O)c2cnccn2)c1.O. The minimum Gasteiger partial charge on any atom is -0.497 e. The van der Waals surface area contributed by atoms with Crippen molar-refractivity contribution in [3.63, 3.8) is 0 Å². The largest absolute Gasteiger partial charge is 0.497 e. The lowest BCUT2D eigenvalue weighted by Gasteiger charge is -2.05. The maximum atomic E-state index is 11.8. The number of anilines is 1. The Hall–Kier alpha value is -2.47. The molecule has 0 saturated carbocycles. The molecule has 0 spiro atoms. The van der Waals surface area contributed by atoms with Crippen LogP contribution in [0, 0.1) is 0 Å². The van der Waals surface area contributed by atoms with E-state index in [2.05, 4.69) is 15.3 Å². The van der Waals surface area contributed by atoms with Gasteiger partial charge in [-0.25, -0.2) is 4.98 Å². The van der Waals surface area contributed by atoms with Gasteiger partial charge in [0.05, 0.1) is 13.3 Å². The molecule has 6 heteroatoms. The Kier molecular flexibility index (Phi) is 4.77. The summed E-state index contributed by atoms with van der Waals surface area (Å²) in [4.78, 5) is 19.5. The van der Waals surface area contributed by atoms with Gasteiger partial charge >= 0.3 is 0 Å². The molecule has 0 fully saturated rings. The Morgan fingerprint density at radius 1 is 1.33 bits per heavy atom. The van der Waals surface area contributed by atoms with Gasteiger partial charge in [0.1, 0.15) is 11.4 Å². The molecule has 0 saturated heterocycles. The summed E-state index contributed by atoms with van der Waals surface area (Å²) in [5, 5.41) is 2.71. The van der Waals surface area contributed by atoms with Crippen LogP contribution in [0.2, 0.25) is 0 Å². The number of carbonyl (C=O) groups excluding carboxylic acids is 1. The molecule has 0 unspecified atom stereocenters. The highest BCUT2D eigenvalue weighted by molar-refractivity contribution is 6.02. The Morgan fingerprint density at radius 3 is 2.83 bits per heavy atom.